The Kier molecular flexibility index (Phi) is 3.74. The molecule has 0 saturated carbocycles. The molecule has 6 heteroatoms. The number of benzene rings is 1. The second-order valence-electron chi connectivity index (χ2n) is 2.88. The lowest BCUT2D eigenvalue weighted by molar-refractivity contribution is 0.0523. The maximum atomic E-state index is 11.4. The van der Waals surface area contributed by atoms with Gasteiger partial charge in [0.05, 0.1) is 22.3 Å². The van der Waals surface area contributed by atoms with E-state index in [1.165, 1.54) is 6.07 Å². The predicted molar refractivity (Wildman–Crippen MR) is 60.9 cm³/mol. The van der Waals surface area contributed by atoms with E-state index in [-0.39, 0.29) is 33.6 Å². The minimum atomic E-state index is -0.697. The number of anilines is 1. The van der Waals surface area contributed by atoms with Crippen molar-refractivity contribution in [2.24, 2.45) is 0 Å². The molecule has 0 bridgehead atoms. The van der Waals surface area contributed by atoms with Crippen LogP contribution in [0.15, 0.2) is 10.5 Å². The first-order chi connectivity index (χ1) is 7.52. The Labute approximate surface area is 101 Å². The molecule has 0 aliphatic carbocycles. The molecule has 5 nitrogen and oxygen atoms in total. The number of phenols is 1. The summed E-state index contributed by atoms with van der Waals surface area (Å²) in [5.41, 5.74) is 5.67. The number of nitriles is 1. The van der Waals surface area contributed by atoms with Crippen LogP contribution < -0.4 is 5.73 Å². The van der Waals surface area contributed by atoms with Gasteiger partial charge in [-0.2, -0.15) is 5.26 Å². The van der Waals surface area contributed by atoms with E-state index in [1.807, 2.05) is 6.07 Å². The molecule has 0 amide bonds. The minimum absolute atomic E-state index is 0.0838. The summed E-state index contributed by atoms with van der Waals surface area (Å²) in [5, 5.41) is 18.4. The van der Waals surface area contributed by atoms with Crippen LogP contribution in [0.1, 0.15) is 22.8 Å². The highest BCUT2D eigenvalue weighted by Gasteiger charge is 2.19. The predicted octanol–water partition coefficient (Wildman–Crippen LogP) is 1.79. The van der Waals surface area contributed by atoms with Crippen molar-refractivity contribution in [3.05, 3.63) is 21.7 Å². The average molecular weight is 285 g/mol. The van der Waals surface area contributed by atoms with Crippen molar-refractivity contribution in [1.29, 1.82) is 5.26 Å². The number of halogens is 1. The molecule has 16 heavy (non-hydrogen) atoms. The molecular formula is C10H9BrN2O3. The normalized spacial score (nSPS) is 9.56. The summed E-state index contributed by atoms with van der Waals surface area (Å²) in [7, 11) is 0. The van der Waals surface area contributed by atoms with Crippen LogP contribution in [0, 0.1) is 11.3 Å². The van der Waals surface area contributed by atoms with Crippen molar-refractivity contribution < 1.29 is 14.6 Å². The van der Waals surface area contributed by atoms with Crippen LogP contribution in [0.3, 0.4) is 0 Å². The highest BCUT2D eigenvalue weighted by atomic mass is 79.9. The van der Waals surface area contributed by atoms with E-state index in [0.29, 0.717) is 0 Å². The SMILES string of the molecule is CCOC(=O)c1cc(C#N)c(N)c(Br)c1O. The monoisotopic (exact) mass is 284 g/mol. The molecule has 0 aliphatic rings. The lowest BCUT2D eigenvalue weighted by Crippen LogP contribution is -2.07. The fourth-order valence-electron chi connectivity index (χ4n) is 1.11. The van der Waals surface area contributed by atoms with E-state index in [9.17, 15) is 9.90 Å². The molecule has 3 N–H and O–H groups in total. The lowest BCUT2D eigenvalue weighted by Gasteiger charge is -2.09. The number of hydrogen-bond acceptors (Lipinski definition) is 5. The maximum absolute atomic E-state index is 11.4. The number of carbonyl (C=O) groups excluding carboxylic acids is 1. The van der Waals surface area contributed by atoms with Gasteiger partial charge in [0.2, 0.25) is 0 Å². The van der Waals surface area contributed by atoms with E-state index < -0.39 is 5.97 Å². The molecule has 0 fully saturated rings. The number of rotatable bonds is 2. The molecule has 1 aromatic carbocycles. The van der Waals surface area contributed by atoms with Gasteiger partial charge in [-0.3, -0.25) is 0 Å². The second kappa shape index (κ2) is 4.86. The first-order valence-corrected chi connectivity index (χ1v) is 5.20. The largest absolute Gasteiger partial charge is 0.506 e. The first-order valence-electron chi connectivity index (χ1n) is 4.41. The van der Waals surface area contributed by atoms with Gasteiger partial charge in [0.1, 0.15) is 17.4 Å². The van der Waals surface area contributed by atoms with Crippen LogP contribution in [-0.4, -0.2) is 17.7 Å². The number of esters is 1. The number of nitrogen functional groups attached to an aromatic ring is 1. The Morgan fingerprint density at radius 3 is 2.88 bits per heavy atom. The number of carbonyl (C=O) groups is 1. The van der Waals surface area contributed by atoms with E-state index in [1.54, 1.807) is 6.92 Å². The zero-order valence-corrected chi connectivity index (χ0v) is 10.0. The number of hydrogen-bond donors (Lipinski definition) is 2. The van der Waals surface area contributed by atoms with Crippen molar-refractivity contribution >= 4 is 27.6 Å². The lowest BCUT2D eigenvalue weighted by atomic mass is 10.1. The van der Waals surface area contributed by atoms with E-state index in [2.05, 4.69) is 15.9 Å². The fourth-order valence-corrected chi connectivity index (χ4v) is 1.54. The Hall–Kier alpha value is -1.74. The summed E-state index contributed by atoms with van der Waals surface area (Å²) >= 11 is 3.01. The average Bonchev–Trinajstić information content (AvgIpc) is 2.27. The van der Waals surface area contributed by atoms with Crippen molar-refractivity contribution in [2.45, 2.75) is 6.92 Å². The summed E-state index contributed by atoms with van der Waals surface area (Å²) in [6, 6.07) is 3.03. The van der Waals surface area contributed by atoms with Crippen LogP contribution in [0.5, 0.6) is 5.75 Å². The van der Waals surface area contributed by atoms with Crippen LogP contribution in [0.25, 0.3) is 0 Å². The molecule has 0 aliphatic heterocycles. The van der Waals surface area contributed by atoms with Gasteiger partial charge in [-0.25, -0.2) is 4.79 Å². The van der Waals surface area contributed by atoms with Gasteiger partial charge in [0.25, 0.3) is 0 Å². The molecule has 1 rings (SSSR count). The summed E-state index contributed by atoms with van der Waals surface area (Å²) in [6.07, 6.45) is 0. The van der Waals surface area contributed by atoms with Gasteiger partial charge >= 0.3 is 5.97 Å². The summed E-state index contributed by atoms with van der Waals surface area (Å²) < 4.78 is 4.85. The zero-order chi connectivity index (χ0) is 12.3. The Morgan fingerprint density at radius 1 is 1.75 bits per heavy atom. The molecular weight excluding hydrogens is 276 g/mol. The topological polar surface area (TPSA) is 96.3 Å². The number of phenolic OH excluding ortho intramolecular Hbond substituents is 1. The quantitative estimate of drug-likeness (QED) is 0.637. The number of nitrogens with zero attached hydrogens (tertiary/aromatic N) is 1. The van der Waals surface area contributed by atoms with E-state index in [4.69, 9.17) is 15.7 Å². The van der Waals surface area contributed by atoms with Crippen molar-refractivity contribution in [2.75, 3.05) is 12.3 Å². The fraction of sp³-hybridized carbons (Fsp3) is 0.200. The molecule has 0 unspecified atom stereocenters. The number of ether oxygens (including phenoxy) is 1. The van der Waals surface area contributed by atoms with Crippen LogP contribution in [0.4, 0.5) is 5.69 Å². The molecule has 0 spiro atoms. The second-order valence-corrected chi connectivity index (χ2v) is 3.67. The first kappa shape index (κ1) is 12.3. The Bertz CT molecular complexity index is 480. The van der Waals surface area contributed by atoms with E-state index in [0.717, 1.165) is 0 Å². The zero-order valence-electron chi connectivity index (χ0n) is 8.45. The van der Waals surface area contributed by atoms with Crippen LogP contribution >= 0.6 is 15.9 Å². The molecule has 1 aromatic rings. The molecule has 0 aromatic heterocycles. The van der Waals surface area contributed by atoms with Gasteiger partial charge < -0.3 is 15.6 Å². The maximum Gasteiger partial charge on any atom is 0.341 e. The van der Waals surface area contributed by atoms with Gasteiger partial charge in [-0.05, 0) is 28.9 Å². The minimum Gasteiger partial charge on any atom is -0.506 e. The molecule has 84 valence electrons. The smallest absolute Gasteiger partial charge is 0.341 e. The highest BCUT2D eigenvalue weighted by molar-refractivity contribution is 9.10. The third-order valence-electron chi connectivity index (χ3n) is 1.89. The molecule has 0 saturated heterocycles. The Balaban J connectivity index is 3.37. The van der Waals surface area contributed by atoms with Gasteiger partial charge in [-0.15, -0.1) is 0 Å². The summed E-state index contributed by atoms with van der Waals surface area (Å²) in [5.74, 6) is -1.02. The summed E-state index contributed by atoms with van der Waals surface area (Å²) in [6.45, 7) is 1.83. The number of aromatic hydroxyl groups is 1. The molecule has 0 atom stereocenters. The standard InChI is InChI=1S/C10H9BrN2O3/c1-2-16-10(15)6-3-5(4-12)8(13)7(11)9(6)14/h3,14H,2,13H2,1H3. The molecule has 0 heterocycles. The summed E-state index contributed by atoms with van der Waals surface area (Å²) in [4.78, 5) is 11.4. The Morgan fingerprint density at radius 2 is 2.38 bits per heavy atom. The highest BCUT2D eigenvalue weighted by Crippen LogP contribution is 2.36. The molecule has 0 radical (unpaired) electrons. The van der Waals surface area contributed by atoms with Crippen LogP contribution in [0.2, 0.25) is 0 Å². The van der Waals surface area contributed by atoms with Gasteiger partial charge in [-0.1, -0.05) is 0 Å². The van der Waals surface area contributed by atoms with Crippen LogP contribution in [-0.2, 0) is 4.74 Å². The van der Waals surface area contributed by atoms with Crippen molar-refractivity contribution in [3.8, 4) is 11.8 Å². The third-order valence-corrected chi connectivity index (χ3v) is 2.70. The van der Waals surface area contributed by atoms with Crippen molar-refractivity contribution in [3.63, 3.8) is 0 Å². The van der Waals surface area contributed by atoms with Crippen molar-refractivity contribution in [1.82, 2.24) is 0 Å². The number of nitrogens with two attached hydrogens (primary N) is 1. The van der Waals surface area contributed by atoms with Gasteiger partial charge in [0, 0.05) is 0 Å². The van der Waals surface area contributed by atoms with E-state index >= 15 is 0 Å². The third kappa shape index (κ3) is 2.09. The van der Waals surface area contributed by atoms with Gasteiger partial charge in [0.15, 0.2) is 0 Å².